The van der Waals surface area contributed by atoms with Crippen LogP contribution in [0.5, 0.6) is 0 Å². The van der Waals surface area contributed by atoms with Gasteiger partial charge in [0.1, 0.15) is 5.52 Å². The number of hydrogen-bond acceptors (Lipinski definition) is 8. The van der Waals surface area contributed by atoms with Crippen molar-refractivity contribution in [2.45, 2.75) is 44.4 Å². The number of Topliss-reactive ketones (excluding diaryl/α,β-unsaturated/α-hetero) is 1. The number of benzene rings is 1. The number of aromatic nitrogens is 4. The summed E-state index contributed by atoms with van der Waals surface area (Å²) in [5.41, 5.74) is 4.14. The van der Waals surface area contributed by atoms with E-state index in [1.165, 1.54) is 0 Å². The highest BCUT2D eigenvalue weighted by Gasteiger charge is 2.23. The molecule has 4 aromatic rings. The molecule has 0 saturated heterocycles. The van der Waals surface area contributed by atoms with Crippen molar-refractivity contribution < 1.29 is 9.90 Å². The van der Waals surface area contributed by atoms with E-state index in [4.69, 9.17) is 4.98 Å². The molecule has 172 valence electrons. The molecule has 9 heteroatoms. The van der Waals surface area contributed by atoms with Gasteiger partial charge in [0.05, 0.1) is 41.8 Å². The first kappa shape index (κ1) is 21.9. The smallest absolute Gasteiger partial charge is 0.184 e. The minimum atomic E-state index is -0.304. The van der Waals surface area contributed by atoms with Gasteiger partial charge >= 0.3 is 0 Å². The first-order valence-electron chi connectivity index (χ1n) is 11.3. The van der Waals surface area contributed by atoms with Crippen LogP contribution in [0.1, 0.15) is 41.6 Å². The average molecular weight is 465 g/mol. The monoisotopic (exact) mass is 464 g/mol. The van der Waals surface area contributed by atoms with Crippen LogP contribution in [0.25, 0.3) is 21.4 Å². The molecule has 2 N–H and O–H groups in total. The predicted molar refractivity (Wildman–Crippen MR) is 131 cm³/mol. The lowest BCUT2D eigenvalue weighted by Gasteiger charge is -2.27. The molecule has 3 heterocycles. The molecule has 1 fully saturated rings. The number of nitrogens with one attached hydrogen (secondary N) is 1. The minimum Gasteiger partial charge on any atom is -0.391 e. The molecule has 1 aliphatic rings. The summed E-state index contributed by atoms with van der Waals surface area (Å²) in [6, 6.07) is 8.15. The van der Waals surface area contributed by atoms with Crippen molar-refractivity contribution in [3.8, 4) is 0 Å². The summed E-state index contributed by atoms with van der Waals surface area (Å²) >= 11 is 1.62. The number of aliphatic hydroxyl groups excluding tert-OH is 1. The van der Waals surface area contributed by atoms with Crippen molar-refractivity contribution in [1.29, 1.82) is 0 Å². The van der Waals surface area contributed by atoms with Gasteiger partial charge in [-0.25, -0.2) is 15.0 Å². The number of nitrogens with zero attached hydrogens (tertiary/aromatic N) is 5. The zero-order chi connectivity index (χ0) is 22.9. The second-order valence-electron chi connectivity index (χ2n) is 9.02. The van der Waals surface area contributed by atoms with Crippen LogP contribution in [0.15, 0.2) is 36.8 Å². The normalized spacial score (nSPS) is 18.9. The maximum atomic E-state index is 12.3. The lowest BCUT2D eigenvalue weighted by molar-refractivity contribution is 0.0957. The van der Waals surface area contributed by atoms with E-state index in [1.54, 1.807) is 23.9 Å². The lowest BCUT2D eigenvalue weighted by atomic mass is 9.93. The molecule has 0 unspecified atom stereocenters. The first-order chi connectivity index (χ1) is 16.0. The number of aliphatic hydroxyl groups is 1. The fourth-order valence-corrected chi connectivity index (χ4v) is 5.35. The van der Waals surface area contributed by atoms with Crippen molar-refractivity contribution in [3.63, 3.8) is 0 Å². The highest BCUT2D eigenvalue weighted by molar-refractivity contribution is 7.22. The highest BCUT2D eigenvalue weighted by Crippen LogP contribution is 2.30. The molecule has 0 spiro atoms. The molecule has 8 nitrogen and oxygen atoms in total. The Balaban J connectivity index is 1.34. The second kappa shape index (κ2) is 9.17. The Morgan fingerprint density at radius 2 is 2.06 bits per heavy atom. The maximum Gasteiger partial charge on any atom is 0.184 e. The van der Waals surface area contributed by atoms with Gasteiger partial charge in [-0.05, 0) is 50.7 Å². The van der Waals surface area contributed by atoms with Crippen LogP contribution in [0.2, 0.25) is 0 Å². The number of anilines is 1. The summed E-state index contributed by atoms with van der Waals surface area (Å²) in [4.78, 5) is 27.9. The molecule has 0 bridgehead atoms. The van der Waals surface area contributed by atoms with E-state index in [-0.39, 0.29) is 17.9 Å². The van der Waals surface area contributed by atoms with Crippen LogP contribution in [-0.4, -0.2) is 68.1 Å². The Labute approximate surface area is 196 Å². The number of carbonyl (C=O) groups excluding carboxylic acids is 1. The van der Waals surface area contributed by atoms with E-state index in [2.05, 4.69) is 27.4 Å². The largest absolute Gasteiger partial charge is 0.391 e. The summed E-state index contributed by atoms with van der Waals surface area (Å²) in [7, 11) is 3.74. The Morgan fingerprint density at radius 3 is 2.88 bits per heavy atom. The maximum absolute atomic E-state index is 12.3. The molecule has 33 heavy (non-hydrogen) atoms. The third-order valence-electron chi connectivity index (χ3n) is 6.08. The second-order valence-corrected chi connectivity index (χ2v) is 10.1. The van der Waals surface area contributed by atoms with Crippen LogP contribution >= 0.6 is 11.3 Å². The van der Waals surface area contributed by atoms with E-state index in [0.717, 1.165) is 57.8 Å². The molecule has 1 saturated carbocycles. The van der Waals surface area contributed by atoms with Gasteiger partial charge in [0, 0.05) is 11.8 Å². The molecule has 0 radical (unpaired) electrons. The number of carbonyl (C=O) groups is 1. The van der Waals surface area contributed by atoms with Crippen molar-refractivity contribution in [2.24, 2.45) is 0 Å². The zero-order valence-corrected chi connectivity index (χ0v) is 19.7. The van der Waals surface area contributed by atoms with Crippen molar-refractivity contribution in [1.82, 2.24) is 24.4 Å². The molecule has 5 rings (SSSR count). The van der Waals surface area contributed by atoms with Gasteiger partial charge in [-0.15, -0.1) is 0 Å². The Hall–Kier alpha value is -2.88. The Kier molecular flexibility index (Phi) is 6.09. The summed E-state index contributed by atoms with van der Waals surface area (Å²) in [6.07, 6.45) is 7.16. The molecular weight excluding hydrogens is 436 g/mol. The number of imidazole rings is 1. The topological polar surface area (TPSA) is 96.2 Å². The van der Waals surface area contributed by atoms with E-state index in [0.29, 0.717) is 18.7 Å². The number of ketones is 1. The Morgan fingerprint density at radius 1 is 1.21 bits per heavy atom. The fourth-order valence-electron chi connectivity index (χ4n) is 4.36. The molecule has 0 aliphatic heterocycles. The number of rotatable bonds is 7. The Bertz CT molecular complexity index is 1300. The van der Waals surface area contributed by atoms with Crippen molar-refractivity contribution >= 4 is 43.6 Å². The van der Waals surface area contributed by atoms with Gasteiger partial charge < -0.3 is 19.9 Å². The third-order valence-corrected chi connectivity index (χ3v) is 7.03. The first-order valence-corrected chi connectivity index (χ1v) is 12.1. The van der Waals surface area contributed by atoms with Gasteiger partial charge in [-0.2, -0.15) is 0 Å². The van der Waals surface area contributed by atoms with Crippen LogP contribution in [0.4, 0.5) is 5.13 Å². The van der Waals surface area contributed by atoms with Gasteiger partial charge in [0.2, 0.25) is 0 Å². The molecule has 1 aliphatic carbocycles. The predicted octanol–water partition coefficient (Wildman–Crippen LogP) is 3.55. The summed E-state index contributed by atoms with van der Waals surface area (Å²) < 4.78 is 3.10. The highest BCUT2D eigenvalue weighted by atomic mass is 32.1. The summed E-state index contributed by atoms with van der Waals surface area (Å²) in [5.74, 6) is 0.0322. The van der Waals surface area contributed by atoms with E-state index in [9.17, 15) is 9.90 Å². The van der Waals surface area contributed by atoms with Crippen LogP contribution in [-0.2, 0) is 6.54 Å². The molecule has 2 atom stereocenters. The van der Waals surface area contributed by atoms with Gasteiger partial charge in [0.15, 0.2) is 16.6 Å². The molecule has 3 aromatic heterocycles. The number of likely N-dealkylation sites (N-methyl/N-ethyl adjacent to an activating group) is 1. The van der Waals surface area contributed by atoms with Crippen molar-refractivity contribution in [3.05, 3.63) is 47.9 Å². The molecular formula is C24H28N6O2S. The van der Waals surface area contributed by atoms with E-state index < -0.39 is 0 Å². The van der Waals surface area contributed by atoms with E-state index in [1.807, 2.05) is 35.7 Å². The summed E-state index contributed by atoms with van der Waals surface area (Å²) in [6.45, 7) is 0.978. The number of hydrogen-bond donors (Lipinski definition) is 2. The summed E-state index contributed by atoms with van der Waals surface area (Å²) in [5, 5.41) is 14.5. The van der Waals surface area contributed by atoms with Crippen molar-refractivity contribution in [2.75, 3.05) is 26.0 Å². The standard InChI is InChI=1S/C24H28N6O2S/c1-29(2)13-21(32)16-10-19-23(25-11-16)30(14-26-19)12-15-7-8-18-22(9-15)33-24(28-18)27-17-5-3-4-6-20(17)31/h7-11,14,17,20,31H,3-6,12-13H2,1-2H3,(H,27,28)/t17-,20-/m1/s1. The average Bonchev–Trinajstić information content (AvgIpc) is 3.37. The molecule has 0 amide bonds. The lowest BCUT2D eigenvalue weighted by Crippen LogP contribution is -2.36. The van der Waals surface area contributed by atoms with E-state index >= 15 is 0 Å². The number of thiazole rings is 1. The van der Waals surface area contributed by atoms with Crippen LogP contribution in [0.3, 0.4) is 0 Å². The van der Waals surface area contributed by atoms with Crippen LogP contribution < -0.4 is 5.32 Å². The zero-order valence-electron chi connectivity index (χ0n) is 18.9. The van der Waals surface area contributed by atoms with Gasteiger partial charge in [-0.1, -0.05) is 30.2 Å². The van der Waals surface area contributed by atoms with Gasteiger partial charge in [-0.3, -0.25) is 4.79 Å². The molecule has 1 aromatic carbocycles. The number of fused-ring (bicyclic) bond motifs is 2. The third kappa shape index (κ3) is 4.75. The SMILES string of the molecule is CN(C)CC(=O)c1cnc2c(c1)ncn2Cc1ccc2nc(N[C@@H]3CCCC[C@H]3O)sc2c1. The minimum absolute atomic E-state index is 0.0322. The van der Waals surface area contributed by atoms with Gasteiger partial charge in [0.25, 0.3) is 0 Å². The number of pyridine rings is 1. The van der Waals surface area contributed by atoms with Crippen LogP contribution in [0, 0.1) is 0 Å². The quantitative estimate of drug-likeness (QED) is 0.404. The fraction of sp³-hybridized carbons (Fsp3) is 0.417.